The van der Waals surface area contributed by atoms with Crippen LogP contribution >= 0.6 is 12.4 Å². The van der Waals surface area contributed by atoms with Gasteiger partial charge in [-0.05, 0) is 63.1 Å². The molecule has 0 radical (unpaired) electrons. The van der Waals surface area contributed by atoms with E-state index in [0.717, 1.165) is 44.8 Å². The van der Waals surface area contributed by atoms with E-state index >= 15 is 0 Å². The largest absolute Gasteiger partial charge is 0.341 e. The summed E-state index contributed by atoms with van der Waals surface area (Å²) in [6.07, 6.45) is 5.95. The lowest BCUT2D eigenvalue weighted by Gasteiger charge is -2.35. The molecule has 156 valence electrons. The van der Waals surface area contributed by atoms with Gasteiger partial charge < -0.3 is 10.2 Å². The van der Waals surface area contributed by atoms with E-state index in [9.17, 15) is 13.2 Å². The first-order chi connectivity index (χ1) is 13.1. The number of hydrogen-bond acceptors (Lipinski definition) is 4. The second-order valence-corrected chi connectivity index (χ2v) is 9.93. The number of amides is 1. The van der Waals surface area contributed by atoms with Gasteiger partial charge in [-0.3, -0.25) is 4.79 Å². The molecule has 1 aliphatic carbocycles. The zero-order valence-corrected chi connectivity index (χ0v) is 17.8. The van der Waals surface area contributed by atoms with Crippen LogP contribution in [-0.2, 0) is 14.8 Å². The van der Waals surface area contributed by atoms with Crippen LogP contribution < -0.4 is 5.32 Å². The molecular weight excluding hydrogens is 398 g/mol. The number of piperidine rings is 1. The van der Waals surface area contributed by atoms with Crippen molar-refractivity contribution in [1.29, 1.82) is 0 Å². The number of carbonyl (C=O) groups is 1. The topological polar surface area (TPSA) is 69.7 Å². The van der Waals surface area contributed by atoms with Gasteiger partial charge in [0.15, 0.2) is 0 Å². The zero-order valence-electron chi connectivity index (χ0n) is 16.1. The molecule has 0 spiro atoms. The summed E-state index contributed by atoms with van der Waals surface area (Å²) < 4.78 is 27.4. The molecule has 2 saturated heterocycles. The smallest absolute Gasteiger partial charge is 0.243 e. The van der Waals surface area contributed by atoms with Gasteiger partial charge in [-0.1, -0.05) is 18.2 Å². The summed E-state index contributed by atoms with van der Waals surface area (Å²) in [7, 11) is -3.62. The summed E-state index contributed by atoms with van der Waals surface area (Å²) in [5.74, 6) is 0.840. The lowest BCUT2D eigenvalue weighted by atomic mass is 10.0. The number of halogens is 1. The average molecular weight is 428 g/mol. The molecule has 1 aromatic carbocycles. The highest BCUT2D eigenvalue weighted by molar-refractivity contribution is 7.89. The monoisotopic (exact) mass is 427 g/mol. The SMILES string of the molecule is Cl.O=C(C1CCCN1S(=O)(=O)c1ccccc1)N1CCC(NCC2CC2)CC1. The van der Waals surface area contributed by atoms with Gasteiger partial charge in [0.1, 0.15) is 6.04 Å². The lowest BCUT2D eigenvalue weighted by Crippen LogP contribution is -2.52. The van der Waals surface area contributed by atoms with Crippen LogP contribution in [-0.4, -0.2) is 61.8 Å². The van der Waals surface area contributed by atoms with Gasteiger partial charge in [0, 0.05) is 25.7 Å². The average Bonchev–Trinajstić information content (AvgIpc) is 3.40. The molecule has 4 rings (SSSR count). The van der Waals surface area contributed by atoms with Crippen molar-refractivity contribution < 1.29 is 13.2 Å². The Morgan fingerprint density at radius 2 is 1.68 bits per heavy atom. The van der Waals surface area contributed by atoms with Crippen LogP contribution in [0.2, 0.25) is 0 Å². The molecule has 1 amide bonds. The summed E-state index contributed by atoms with van der Waals surface area (Å²) in [5, 5.41) is 3.62. The summed E-state index contributed by atoms with van der Waals surface area (Å²) >= 11 is 0. The van der Waals surface area contributed by atoms with Crippen LogP contribution in [0.3, 0.4) is 0 Å². The quantitative estimate of drug-likeness (QED) is 0.755. The van der Waals surface area contributed by atoms with Crippen LogP contribution in [0.5, 0.6) is 0 Å². The van der Waals surface area contributed by atoms with E-state index in [1.165, 1.54) is 17.1 Å². The Bertz CT molecular complexity index is 762. The van der Waals surface area contributed by atoms with Gasteiger partial charge in [0.2, 0.25) is 15.9 Å². The summed E-state index contributed by atoms with van der Waals surface area (Å²) in [4.78, 5) is 15.2. The van der Waals surface area contributed by atoms with Crippen LogP contribution in [0.15, 0.2) is 35.2 Å². The summed E-state index contributed by atoms with van der Waals surface area (Å²) in [5.41, 5.74) is 0. The van der Waals surface area contributed by atoms with Crippen molar-refractivity contribution in [1.82, 2.24) is 14.5 Å². The van der Waals surface area contributed by atoms with E-state index in [2.05, 4.69) is 5.32 Å². The van der Waals surface area contributed by atoms with Crippen molar-refractivity contribution >= 4 is 28.3 Å². The maximum atomic E-state index is 13.1. The van der Waals surface area contributed by atoms with Gasteiger partial charge in [-0.2, -0.15) is 4.31 Å². The molecule has 3 aliphatic rings. The third-order valence-electron chi connectivity index (χ3n) is 6.04. The third-order valence-corrected chi connectivity index (χ3v) is 7.96. The molecule has 8 heteroatoms. The molecule has 2 heterocycles. The third kappa shape index (κ3) is 4.70. The van der Waals surface area contributed by atoms with Gasteiger partial charge in [0.25, 0.3) is 0 Å². The maximum Gasteiger partial charge on any atom is 0.243 e. The fraction of sp³-hybridized carbons (Fsp3) is 0.650. The summed E-state index contributed by atoms with van der Waals surface area (Å²) in [6.45, 7) is 2.96. The Labute approximate surface area is 174 Å². The molecular formula is C20H30ClN3O3S. The Morgan fingerprint density at radius 1 is 1.00 bits per heavy atom. The number of sulfonamides is 1. The van der Waals surface area contributed by atoms with Gasteiger partial charge in [-0.15, -0.1) is 12.4 Å². The Kier molecular flexibility index (Phi) is 7.02. The molecule has 1 saturated carbocycles. The van der Waals surface area contributed by atoms with Crippen molar-refractivity contribution in [3.8, 4) is 0 Å². The van der Waals surface area contributed by atoms with Crippen molar-refractivity contribution in [2.75, 3.05) is 26.2 Å². The Balaban J connectivity index is 0.00000225. The highest BCUT2D eigenvalue weighted by atomic mass is 35.5. The first kappa shape index (κ1) is 21.6. The molecule has 0 aromatic heterocycles. The molecule has 6 nitrogen and oxygen atoms in total. The van der Waals surface area contributed by atoms with Crippen molar-refractivity contribution in [3.05, 3.63) is 30.3 Å². The minimum Gasteiger partial charge on any atom is -0.341 e. The van der Waals surface area contributed by atoms with E-state index in [1.807, 2.05) is 4.90 Å². The standard InChI is InChI=1S/C20H29N3O3S.ClH/c24-20(22-13-10-17(11-14-22)21-15-16-8-9-16)19-7-4-12-23(19)27(25,26)18-5-2-1-3-6-18;/h1-3,5-6,16-17,19,21H,4,7-15H2;1H. The highest BCUT2D eigenvalue weighted by Crippen LogP contribution is 2.29. The molecule has 0 bridgehead atoms. The first-order valence-corrected chi connectivity index (χ1v) is 11.6. The fourth-order valence-electron chi connectivity index (χ4n) is 4.17. The molecule has 1 N–H and O–H groups in total. The normalized spacial score (nSPS) is 24.1. The second kappa shape index (κ2) is 9.11. The van der Waals surface area contributed by atoms with Crippen molar-refractivity contribution in [2.45, 2.75) is 55.5 Å². The minimum atomic E-state index is -3.62. The second-order valence-electron chi connectivity index (χ2n) is 8.04. The number of nitrogens with one attached hydrogen (secondary N) is 1. The van der Waals surface area contributed by atoms with Crippen LogP contribution in [0.25, 0.3) is 0 Å². The van der Waals surface area contributed by atoms with Gasteiger partial charge >= 0.3 is 0 Å². The molecule has 2 aliphatic heterocycles. The van der Waals surface area contributed by atoms with E-state index < -0.39 is 16.1 Å². The Morgan fingerprint density at radius 3 is 2.32 bits per heavy atom. The molecule has 1 unspecified atom stereocenters. The van der Waals surface area contributed by atoms with Gasteiger partial charge in [0.05, 0.1) is 4.90 Å². The zero-order chi connectivity index (χ0) is 18.9. The predicted octanol–water partition coefficient (Wildman–Crippen LogP) is 2.25. The van der Waals surface area contributed by atoms with E-state index in [-0.39, 0.29) is 23.2 Å². The molecule has 1 atom stereocenters. The number of nitrogens with zero attached hydrogens (tertiary/aromatic N) is 2. The fourth-order valence-corrected chi connectivity index (χ4v) is 5.84. The molecule has 3 fully saturated rings. The predicted molar refractivity (Wildman–Crippen MR) is 111 cm³/mol. The van der Waals surface area contributed by atoms with E-state index in [1.54, 1.807) is 30.3 Å². The summed E-state index contributed by atoms with van der Waals surface area (Å²) in [6, 6.07) is 8.39. The van der Waals surface area contributed by atoms with Crippen molar-refractivity contribution in [2.24, 2.45) is 5.92 Å². The van der Waals surface area contributed by atoms with E-state index in [0.29, 0.717) is 19.0 Å². The Hall–Kier alpha value is -1.15. The lowest BCUT2D eigenvalue weighted by molar-refractivity contribution is -0.135. The number of benzene rings is 1. The minimum absolute atomic E-state index is 0. The van der Waals surface area contributed by atoms with Crippen LogP contribution in [0.4, 0.5) is 0 Å². The highest BCUT2D eigenvalue weighted by Gasteiger charge is 2.41. The number of carbonyl (C=O) groups excluding carboxylic acids is 1. The molecule has 1 aromatic rings. The number of rotatable bonds is 6. The number of likely N-dealkylation sites (tertiary alicyclic amines) is 1. The van der Waals surface area contributed by atoms with E-state index in [4.69, 9.17) is 0 Å². The van der Waals surface area contributed by atoms with Crippen molar-refractivity contribution in [3.63, 3.8) is 0 Å². The van der Waals surface area contributed by atoms with Gasteiger partial charge in [-0.25, -0.2) is 8.42 Å². The molecule has 28 heavy (non-hydrogen) atoms. The number of hydrogen-bond donors (Lipinski definition) is 1. The van der Waals surface area contributed by atoms with Crippen LogP contribution in [0, 0.1) is 5.92 Å². The van der Waals surface area contributed by atoms with Crippen LogP contribution in [0.1, 0.15) is 38.5 Å². The first-order valence-electron chi connectivity index (χ1n) is 10.1. The maximum absolute atomic E-state index is 13.1.